The molecule has 0 aliphatic rings. The minimum absolute atomic E-state index is 0.213. The lowest BCUT2D eigenvalue weighted by Crippen LogP contribution is -2.13. The van der Waals surface area contributed by atoms with Crippen LogP contribution in [0.4, 0.5) is 5.13 Å². The van der Waals surface area contributed by atoms with E-state index in [1.54, 1.807) is 18.2 Å². The predicted octanol–water partition coefficient (Wildman–Crippen LogP) is 4.80. The molecule has 0 fully saturated rings. The Morgan fingerprint density at radius 3 is 2.54 bits per heavy atom. The third-order valence-electron chi connectivity index (χ3n) is 3.35. The van der Waals surface area contributed by atoms with Crippen LogP contribution in [0.5, 0.6) is 0 Å². The summed E-state index contributed by atoms with van der Waals surface area (Å²) < 4.78 is 0.726. The van der Waals surface area contributed by atoms with Crippen LogP contribution in [0.2, 0.25) is 10.0 Å². The number of aromatic nitrogens is 3. The van der Waals surface area contributed by atoms with Crippen LogP contribution in [-0.2, 0) is 0 Å². The number of amides is 1. The first-order valence-electron chi connectivity index (χ1n) is 6.89. The van der Waals surface area contributed by atoms with Crippen molar-refractivity contribution in [2.45, 2.75) is 0 Å². The van der Waals surface area contributed by atoms with Crippen LogP contribution in [0.1, 0.15) is 10.5 Å². The number of hydrogen-bond donors (Lipinski definition) is 1. The highest BCUT2D eigenvalue weighted by Crippen LogP contribution is 2.36. The highest BCUT2D eigenvalue weighted by molar-refractivity contribution is 7.23. The topological polar surface area (TPSA) is 67.8 Å². The number of para-hydroxylation sites is 2. The summed E-state index contributed by atoms with van der Waals surface area (Å²) in [5.74, 6) is -0.389. The quantitative estimate of drug-likeness (QED) is 0.547. The Morgan fingerprint density at radius 1 is 1.00 bits per heavy atom. The molecule has 4 rings (SSSR count). The molecule has 5 nitrogen and oxygen atoms in total. The zero-order valence-electron chi connectivity index (χ0n) is 12.0. The van der Waals surface area contributed by atoms with Crippen molar-refractivity contribution in [2.75, 3.05) is 5.32 Å². The number of thiazole rings is 1. The van der Waals surface area contributed by atoms with Crippen LogP contribution in [0.15, 0.2) is 42.6 Å². The molecule has 0 aliphatic heterocycles. The first-order chi connectivity index (χ1) is 11.6. The molecule has 0 saturated carbocycles. The molecule has 0 saturated heterocycles. The molecule has 0 radical (unpaired) electrons. The van der Waals surface area contributed by atoms with Crippen molar-refractivity contribution in [1.82, 2.24) is 15.0 Å². The van der Waals surface area contributed by atoms with Crippen molar-refractivity contribution in [3.8, 4) is 0 Å². The number of carbonyl (C=O) groups is 1. The Kier molecular flexibility index (Phi) is 3.80. The molecular formula is C16H8Cl2N4OS. The third-order valence-corrected chi connectivity index (χ3v) is 5.08. The predicted molar refractivity (Wildman–Crippen MR) is 97.1 cm³/mol. The Bertz CT molecular complexity index is 1060. The molecule has 4 aromatic rings. The fourth-order valence-electron chi connectivity index (χ4n) is 2.23. The summed E-state index contributed by atoms with van der Waals surface area (Å²) >= 11 is 13.5. The van der Waals surface area contributed by atoms with E-state index >= 15 is 0 Å². The third kappa shape index (κ3) is 2.69. The van der Waals surface area contributed by atoms with Crippen LogP contribution in [-0.4, -0.2) is 20.9 Å². The Balaban J connectivity index is 1.68. The highest BCUT2D eigenvalue weighted by atomic mass is 35.5. The summed E-state index contributed by atoms with van der Waals surface area (Å²) in [4.78, 5) is 25.3. The van der Waals surface area contributed by atoms with Gasteiger partial charge in [-0.15, -0.1) is 0 Å². The Labute approximate surface area is 150 Å². The lowest BCUT2D eigenvalue weighted by atomic mass is 10.3. The van der Waals surface area contributed by atoms with Gasteiger partial charge in [0.2, 0.25) is 0 Å². The highest BCUT2D eigenvalue weighted by Gasteiger charge is 2.15. The maximum atomic E-state index is 12.4. The van der Waals surface area contributed by atoms with Gasteiger partial charge in [-0.3, -0.25) is 15.1 Å². The number of hydrogen-bond acceptors (Lipinski definition) is 5. The van der Waals surface area contributed by atoms with Crippen molar-refractivity contribution in [1.29, 1.82) is 0 Å². The normalized spacial score (nSPS) is 11.1. The molecule has 1 N–H and O–H groups in total. The summed E-state index contributed by atoms with van der Waals surface area (Å²) in [5, 5.41) is 4.14. The summed E-state index contributed by atoms with van der Waals surface area (Å²) in [6.45, 7) is 0. The van der Waals surface area contributed by atoms with E-state index in [0.717, 1.165) is 10.2 Å². The van der Waals surface area contributed by atoms with E-state index in [4.69, 9.17) is 23.2 Å². The molecule has 2 aromatic heterocycles. The molecule has 24 heavy (non-hydrogen) atoms. The maximum Gasteiger partial charge on any atom is 0.277 e. The lowest BCUT2D eigenvalue weighted by molar-refractivity contribution is 0.102. The second kappa shape index (κ2) is 5.98. The lowest BCUT2D eigenvalue weighted by Gasteiger charge is -2.02. The number of rotatable bonds is 2. The molecule has 0 atom stereocenters. The van der Waals surface area contributed by atoms with Crippen LogP contribution in [0.3, 0.4) is 0 Å². The molecule has 0 bridgehead atoms. The van der Waals surface area contributed by atoms with Crippen LogP contribution < -0.4 is 5.32 Å². The summed E-state index contributed by atoms with van der Waals surface area (Å²) in [6, 6.07) is 10.7. The first-order valence-corrected chi connectivity index (χ1v) is 8.47. The van der Waals surface area contributed by atoms with Crippen molar-refractivity contribution < 1.29 is 4.79 Å². The van der Waals surface area contributed by atoms with Gasteiger partial charge in [-0.2, -0.15) is 0 Å². The molecule has 118 valence electrons. The minimum Gasteiger partial charge on any atom is -0.296 e. The van der Waals surface area contributed by atoms with Gasteiger partial charge in [0.05, 0.1) is 32.0 Å². The fourth-order valence-corrected chi connectivity index (χ4v) is 3.64. The summed E-state index contributed by atoms with van der Waals surface area (Å²) in [6.07, 6.45) is 1.44. The molecule has 2 heterocycles. The molecule has 2 aromatic carbocycles. The van der Waals surface area contributed by atoms with Crippen molar-refractivity contribution in [3.63, 3.8) is 0 Å². The number of benzene rings is 2. The van der Waals surface area contributed by atoms with Crippen LogP contribution in [0.25, 0.3) is 21.3 Å². The summed E-state index contributed by atoms with van der Waals surface area (Å²) in [7, 11) is 0. The Morgan fingerprint density at radius 2 is 1.75 bits per heavy atom. The molecule has 0 aliphatic carbocycles. The number of halogens is 2. The molecule has 8 heteroatoms. The zero-order chi connectivity index (χ0) is 16.7. The van der Waals surface area contributed by atoms with Gasteiger partial charge in [0.1, 0.15) is 11.2 Å². The fraction of sp³-hybridized carbons (Fsp3) is 0. The average molecular weight is 375 g/mol. The van der Waals surface area contributed by atoms with Gasteiger partial charge in [0, 0.05) is 0 Å². The van der Waals surface area contributed by atoms with Crippen molar-refractivity contribution in [3.05, 3.63) is 58.3 Å². The zero-order valence-corrected chi connectivity index (χ0v) is 14.3. The van der Waals surface area contributed by atoms with Gasteiger partial charge in [-0.1, -0.05) is 46.7 Å². The molecule has 0 unspecified atom stereocenters. The van der Waals surface area contributed by atoms with E-state index in [2.05, 4.69) is 20.3 Å². The van der Waals surface area contributed by atoms with Crippen molar-refractivity contribution in [2.24, 2.45) is 0 Å². The van der Waals surface area contributed by atoms with Gasteiger partial charge in [-0.05, 0) is 24.3 Å². The second-order valence-corrected chi connectivity index (χ2v) is 6.74. The van der Waals surface area contributed by atoms with Gasteiger partial charge >= 0.3 is 0 Å². The monoisotopic (exact) mass is 374 g/mol. The van der Waals surface area contributed by atoms with Gasteiger partial charge < -0.3 is 0 Å². The smallest absolute Gasteiger partial charge is 0.277 e. The number of anilines is 1. The van der Waals surface area contributed by atoms with E-state index in [9.17, 15) is 4.79 Å². The van der Waals surface area contributed by atoms with Gasteiger partial charge in [-0.25, -0.2) is 9.97 Å². The van der Waals surface area contributed by atoms with Crippen LogP contribution in [0, 0.1) is 0 Å². The molecular weight excluding hydrogens is 367 g/mol. The van der Waals surface area contributed by atoms with Gasteiger partial charge in [0.15, 0.2) is 5.13 Å². The molecule has 0 spiro atoms. The summed E-state index contributed by atoms with van der Waals surface area (Å²) in [5.41, 5.74) is 2.16. The first kappa shape index (κ1) is 15.3. The Hall–Kier alpha value is -2.28. The molecule has 1 amide bonds. The van der Waals surface area contributed by atoms with E-state index in [0.29, 0.717) is 26.2 Å². The number of nitrogens with one attached hydrogen (secondary N) is 1. The minimum atomic E-state index is -0.389. The maximum absolute atomic E-state index is 12.4. The van der Waals surface area contributed by atoms with Crippen molar-refractivity contribution >= 4 is 66.8 Å². The van der Waals surface area contributed by atoms with E-state index in [-0.39, 0.29) is 11.6 Å². The van der Waals surface area contributed by atoms with E-state index in [1.807, 2.05) is 18.2 Å². The largest absolute Gasteiger partial charge is 0.296 e. The van der Waals surface area contributed by atoms with E-state index in [1.165, 1.54) is 17.5 Å². The standard InChI is InChI=1S/C16H8Cl2N4OS/c17-8-5-6-9(18)14-13(8)21-16(24-14)22-15(23)12-7-19-10-3-1-2-4-11(10)20-12/h1-7H,(H,21,22,23). The van der Waals surface area contributed by atoms with Gasteiger partial charge in [0.25, 0.3) is 5.91 Å². The SMILES string of the molecule is O=C(Nc1nc2c(Cl)ccc(Cl)c2s1)c1cnc2ccccc2n1. The second-order valence-electron chi connectivity index (χ2n) is 4.92. The number of carbonyl (C=O) groups excluding carboxylic acids is 1. The average Bonchev–Trinajstić information content (AvgIpc) is 3.03. The van der Waals surface area contributed by atoms with Crippen LogP contribution >= 0.6 is 34.5 Å². The van der Waals surface area contributed by atoms with E-state index < -0.39 is 0 Å². The number of fused-ring (bicyclic) bond motifs is 2. The number of nitrogens with zero attached hydrogens (tertiary/aromatic N) is 3.